The quantitative estimate of drug-likeness (QED) is 0.773. The van der Waals surface area contributed by atoms with E-state index < -0.39 is 5.97 Å². The molecule has 1 aromatic heterocycles. The Morgan fingerprint density at radius 1 is 1.52 bits per heavy atom. The van der Waals surface area contributed by atoms with Crippen LogP contribution in [0.15, 0.2) is 18.3 Å². The van der Waals surface area contributed by atoms with Crippen molar-refractivity contribution < 1.29 is 14.7 Å². The van der Waals surface area contributed by atoms with Crippen molar-refractivity contribution in [2.24, 2.45) is 5.92 Å². The number of nitrogens with one attached hydrogen (secondary N) is 1. The molecule has 0 saturated heterocycles. The van der Waals surface area contributed by atoms with Crippen molar-refractivity contribution >= 4 is 12.0 Å². The van der Waals surface area contributed by atoms with Crippen molar-refractivity contribution in [3.63, 3.8) is 0 Å². The van der Waals surface area contributed by atoms with Gasteiger partial charge in [-0.3, -0.25) is 4.98 Å². The number of rotatable bonds is 6. The summed E-state index contributed by atoms with van der Waals surface area (Å²) in [5.41, 5.74) is 0.642. The predicted octanol–water partition coefficient (Wildman–Crippen LogP) is 1.33. The molecule has 110 valence electrons. The van der Waals surface area contributed by atoms with Crippen molar-refractivity contribution in [3.05, 3.63) is 29.6 Å². The van der Waals surface area contributed by atoms with Crippen LogP contribution in [0.5, 0.6) is 0 Å². The first kappa shape index (κ1) is 14.9. The molecule has 1 aromatic rings. The number of hydrogen-bond acceptors (Lipinski definition) is 3. The van der Waals surface area contributed by atoms with Crippen LogP contribution in [0.2, 0.25) is 0 Å². The van der Waals surface area contributed by atoms with E-state index in [1.54, 1.807) is 4.90 Å². The molecule has 6 nitrogen and oxygen atoms in total. The highest BCUT2D eigenvalue weighted by molar-refractivity contribution is 5.87. The fraction of sp³-hybridized carbons (Fsp3) is 0.400. The smallest absolute Gasteiger partial charge is 0.335 e. The molecule has 0 unspecified atom stereocenters. The standard InChI is InChI=1S/C15H17N3O3/c1-2-7-18(10-11-3-4-11)15(21)17-9-13-8-12(14(19)20)5-6-16-13/h1,5-6,8,11H,3-4,7,9-10H2,(H,17,21)(H,19,20). The first-order chi connectivity index (χ1) is 10.1. The molecule has 2 N–H and O–H groups in total. The number of aromatic carboxylic acids is 1. The van der Waals surface area contributed by atoms with Gasteiger partial charge < -0.3 is 15.3 Å². The van der Waals surface area contributed by atoms with Crippen molar-refractivity contribution in [1.82, 2.24) is 15.2 Å². The summed E-state index contributed by atoms with van der Waals surface area (Å²) in [5, 5.41) is 11.6. The van der Waals surface area contributed by atoms with E-state index in [0.717, 1.165) is 12.8 Å². The third-order valence-corrected chi connectivity index (χ3v) is 3.23. The SMILES string of the molecule is C#CCN(CC1CC1)C(=O)NCc1cc(C(=O)O)ccn1. The predicted molar refractivity (Wildman–Crippen MR) is 76.6 cm³/mol. The molecule has 0 aliphatic heterocycles. The normalized spacial score (nSPS) is 13.3. The zero-order valence-electron chi connectivity index (χ0n) is 11.6. The van der Waals surface area contributed by atoms with E-state index in [4.69, 9.17) is 11.5 Å². The summed E-state index contributed by atoms with van der Waals surface area (Å²) in [6, 6.07) is 2.60. The van der Waals surface area contributed by atoms with Crippen LogP contribution in [0.4, 0.5) is 4.79 Å². The number of terminal acetylenes is 1. The van der Waals surface area contributed by atoms with Gasteiger partial charge in [-0.05, 0) is 30.9 Å². The summed E-state index contributed by atoms with van der Waals surface area (Å²) in [4.78, 5) is 28.6. The molecule has 1 fully saturated rings. The Hall–Kier alpha value is -2.55. The minimum Gasteiger partial charge on any atom is -0.478 e. The van der Waals surface area contributed by atoms with Crippen LogP contribution in [-0.4, -0.2) is 40.1 Å². The van der Waals surface area contributed by atoms with E-state index in [2.05, 4.69) is 16.2 Å². The highest BCUT2D eigenvalue weighted by Crippen LogP contribution is 2.29. The van der Waals surface area contributed by atoms with Crippen LogP contribution in [0, 0.1) is 18.3 Å². The van der Waals surface area contributed by atoms with Gasteiger partial charge in [0, 0.05) is 12.7 Å². The van der Waals surface area contributed by atoms with E-state index in [9.17, 15) is 9.59 Å². The average molecular weight is 287 g/mol. The second-order valence-corrected chi connectivity index (χ2v) is 5.03. The summed E-state index contributed by atoms with van der Waals surface area (Å²) < 4.78 is 0. The highest BCUT2D eigenvalue weighted by atomic mass is 16.4. The molecule has 1 aliphatic carbocycles. The van der Waals surface area contributed by atoms with Crippen LogP contribution in [0.3, 0.4) is 0 Å². The Labute approximate surface area is 123 Å². The van der Waals surface area contributed by atoms with Crippen molar-refractivity contribution in [2.45, 2.75) is 19.4 Å². The molecule has 1 heterocycles. The fourth-order valence-electron chi connectivity index (χ4n) is 1.93. The number of carbonyl (C=O) groups is 2. The zero-order chi connectivity index (χ0) is 15.2. The van der Waals surface area contributed by atoms with E-state index in [0.29, 0.717) is 18.2 Å². The molecule has 0 aromatic carbocycles. The molecule has 6 heteroatoms. The zero-order valence-corrected chi connectivity index (χ0v) is 11.6. The van der Waals surface area contributed by atoms with Crippen LogP contribution < -0.4 is 5.32 Å². The van der Waals surface area contributed by atoms with Crippen LogP contribution >= 0.6 is 0 Å². The monoisotopic (exact) mass is 287 g/mol. The number of aromatic nitrogens is 1. The first-order valence-corrected chi connectivity index (χ1v) is 6.74. The third-order valence-electron chi connectivity index (χ3n) is 3.23. The van der Waals surface area contributed by atoms with Gasteiger partial charge in [-0.2, -0.15) is 0 Å². The van der Waals surface area contributed by atoms with Crippen LogP contribution in [-0.2, 0) is 6.54 Å². The summed E-state index contributed by atoms with van der Waals surface area (Å²) in [5.74, 6) is 2.01. The molecule has 0 bridgehead atoms. The Kier molecular flexibility index (Phi) is 4.77. The number of nitrogens with zero attached hydrogens (tertiary/aromatic N) is 2. The minimum absolute atomic E-state index is 0.146. The fourth-order valence-corrected chi connectivity index (χ4v) is 1.93. The lowest BCUT2D eigenvalue weighted by Crippen LogP contribution is -2.41. The lowest BCUT2D eigenvalue weighted by atomic mass is 10.2. The largest absolute Gasteiger partial charge is 0.478 e. The lowest BCUT2D eigenvalue weighted by molar-refractivity contribution is 0.0696. The molecule has 0 atom stereocenters. The number of carboxylic acids is 1. The Morgan fingerprint density at radius 3 is 2.90 bits per heavy atom. The van der Waals surface area contributed by atoms with E-state index in [1.165, 1.54) is 18.3 Å². The second-order valence-electron chi connectivity index (χ2n) is 5.03. The average Bonchev–Trinajstić information content (AvgIpc) is 3.28. The maximum absolute atomic E-state index is 12.1. The van der Waals surface area contributed by atoms with E-state index >= 15 is 0 Å². The van der Waals surface area contributed by atoms with Gasteiger partial charge >= 0.3 is 12.0 Å². The molecule has 1 aliphatic rings. The molecule has 0 radical (unpaired) electrons. The molecule has 21 heavy (non-hydrogen) atoms. The van der Waals surface area contributed by atoms with Crippen LogP contribution in [0.25, 0.3) is 0 Å². The van der Waals surface area contributed by atoms with Gasteiger partial charge in [0.1, 0.15) is 0 Å². The molecular formula is C15H17N3O3. The summed E-state index contributed by atoms with van der Waals surface area (Å²) in [6.45, 7) is 1.11. The summed E-state index contributed by atoms with van der Waals surface area (Å²) in [7, 11) is 0. The highest BCUT2D eigenvalue weighted by Gasteiger charge is 2.26. The van der Waals surface area contributed by atoms with Gasteiger partial charge in [0.2, 0.25) is 0 Å². The van der Waals surface area contributed by atoms with E-state index in [-0.39, 0.29) is 24.7 Å². The number of urea groups is 1. The van der Waals surface area contributed by atoms with Gasteiger partial charge in [-0.25, -0.2) is 9.59 Å². The molecule has 1 saturated carbocycles. The van der Waals surface area contributed by atoms with Crippen LogP contribution in [0.1, 0.15) is 28.9 Å². The number of hydrogen-bond donors (Lipinski definition) is 2. The maximum atomic E-state index is 12.1. The minimum atomic E-state index is -1.02. The van der Waals surface area contributed by atoms with Gasteiger partial charge in [-0.1, -0.05) is 5.92 Å². The molecular weight excluding hydrogens is 270 g/mol. The van der Waals surface area contributed by atoms with Gasteiger partial charge in [0.05, 0.1) is 24.3 Å². The Morgan fingerprint density at radius 2 is 2.29 bits per heavy atom. The lowest BCUT2D eigenvalue weighted by Gasteiger charge is -2.20. The molecule has 2 amide bonds. The van der Waals surface area contributed by atoms with E-state index in [1.807, 2.05) is 0 Å². The maximum Gasteiger partial charge on any atom is 0.335 e. The second kappa shape index (κ2) is 6.75. The van der Waals surface area contributed by atoms with Crippen molar-refractivity contribution in [2.75, 3.05) is 13.1 Å². The van der Waals surface area contributed by atoms with Crippen molar-refractivity contribution in [3.8, 4) is 12.3 Å². The number of carboxylic acid groups (broad SMARTS) is 1. The topological polar surface area (TPSA) is 82.5 Å². The summed E-state index contributed by atoms with van der Waals surface area (Å²) >= 11 is 0. The number of amides is 2. The third kappa shape index (κ3) is 4.49. The van der Waals surface area contributed by atoms with Gasteiger partial charge in [-0.15, -0.1) is 6.42 Å². The Balaban J connectivity index is 1.91. The summed E-state index contributed by atoms with van der Waals surface area (Å²) in [6.07, 6.45) is 8.96. The number of pyridine rings is 1. The number of carbonyl (C=O) groups excluding carboxylic acids is 1. The van der Waals surface area contributed by atoms with Gasteiger partial charge in [0.15, 0.2) is 0 Å². The molecule has 2 rings (SSSR count). The van der Waals surface area contributed by atoms with Crippen molar-refractivity contribution in [1.29, 1.82) is 0 Å². The van der Waals surface area contributed by atoms with Gasteiger partial charge in [0.25, 0.3) is 0 Å². The first-order valence-electron chi connectivity index (χ1n) is 6.74. The Bertz CT molecular complexity index is 576. The molecule has 0 spiro atoms.